The number of nitrogens with two attached hydrogens (primary N) is 1. The summed E-state index contributed by atoms with van der Waals surface area (Å²) in [5.74, 6) is 1.19. The van der Waals surface area contributed by atoms with Gasteiger partial charge in [0, 0.05) is 49.0 Å². The first-order valence-corrected chi connectivity index (χ1v) is 13.4. The Labute approximate surface area is 222 Å². The van der Waals surface area contributed by atoms with E-state index in [0.717, 1.165) is 52.6 Å². The molecule has 3 aromatic heterocycles. The summed E-state index contributed by atoms with van der Waals surface area (Å²) < 4.78 is 2.10. The van der Waals surface area contributed by atoms with Gasteiger partial charge in [-0.2, -0.15) is 0 Å². The molecule has 0 aliphatic carbocycles. The van der Waals surface area contributed by atoms with E-state index in [2.05, 4.69) is 56.2 Å². The van der Waals surface area contributed by atoms with Crippen molar-refractivity contribution in [1.82, 2.24) is 29.7 Å². The number of nitrogens with one attached hydrogen (secondary N) is 1. The SMILES string of the molecule is Nc1ncccc1-c1nc2ccc(-c3ccccc3)nc2n1-c1ccc(CN2CC3(CCCNC3)C2)cc1. The number of fused-ring (bicyclic) bond motifs is 1. The summed E-state index contributed by atoms with van der Waals surface area (Å²) in [6.45, 7) is 5.68. The number of hydrogen-bond acceptors (Lipinski definition) is 6. The van der Waals surface area contributed by atoms with Crippen LogP contribution in [0.1, 0.15) is 18.4 Å². The molecule has 0 atom stereocenters. The number of piperidine rings is 1. The molecule has 0 bridgehead atoms. The predicted octanol–water partition coefficient (Wildman–Crippen LogP) is 4.92. The van der Waals surface area contributed by atoms with E-state index in [-0.39, 0.29) is 0 Å². The van der Waals surface area contributed by atoms with Crippen molar-refractivity contribution in [1.29, 1.82) is 0 Å². The van der Waals surface area contributed by atoms with Crippen molar-refractivity contribution < 1.29 is 0 Å². The molecule has 2 aliphatic heterocycles. The van der Waals surface area contributed by atoms with E-state index in [1.807, 2.05) is 42.5 Å². The number of likely N-dealkylation sites (tertiary alicyclic amines) is 1. The molecule has 2 saturated heterocycles. The lowest BCUT2D eigenvalue weighted by Crippen LogP contribution is -2.61. The molecule has 3 N–H and O–H groups in total. The topological polar surface area (TPSA) is 84.9 Å². The zero-order valence-electron chi connectivity index (χ0n) is 21.3. The Bertz CT molecular complexity index is 1580. The van der Waals surface area contributed by atoms with Crippen molar-refractivity contribution >= 4 is 17.0 Å². The minimum atomic E-state index is 0.452. The largest absolute Gasteiger partial charge is 0.383 e. The van der Waals surface area contributed by atoms with Crippen LogP contribution in [0.3, 0.4) is 0 Å². The fraction of sp³-hybridized carbons (Fsp3) is 0.258. The fourth-order valence-electron chi connectivity index (χ4n) is 6.08. The van der Waals surface area contributed by atoms with Gasteiger partial charge < -0.3 is 11.1 Å². The first-order valence-electron chi connectivity index (χ1n) is 13.4. The Balaban J connectivity index is 1.25. The van der Waals surface area contributed by atoms with E-state index >= 15 is 0 Å². The van der Waals surface area contributed by atoms with Gasteiger partial charge >= 0.3 is 0 Å². The van der Waals surface area contributed by atoms with Gasteiger partial charge in [0.1, 0.15) is 11.3 Å². The maximum Gasteiger partial charge on any atom is 0.165 e. The van der Waals surface area contributed by atoms with Crippen molar-refractivity contribution in [3.8, 4) is 28.3 Å². The van der Waals surface area contributed by atoms with Crippen LogP contribution in [0, 0.1) is 5.41 Å². The van der Waals surface area contributed by atoms with Gasteiger partial charge in [0.25, 0.3) is 0 Å². The Morgan fingerprint density at radius 2 is 1.74 bits per heavy atom. The minimum absolute atomic E-state index is 0.452. The molecule has 2 fully saturated rings. The highest BCUT2D eigenvalue weighted by Gasteiger charge is 2.43. The van der Waals surface area contributed by atoms with Crippen molar-refractivity contribution in [2.75, 3.05) is 31.9 Å². The Morgan fingerprint density at radius 3 is 2.50 bits per heavy atom. The highest BCUT2D eigenvalue weighted by atomic mass is 15.2. The molecule has 7 rings (SSSR count). The number of nitrogens with zero attached hydrogens (tertiary/aromatic N) is 5. The Morgan fingerprint density at radius 1 is 0.895 bits per heavy atom. The zero-order chi connectivity index (χ0) is 25.5. The molecule has 38 heavy (non-hydrogen) atoms. The molecule has 1 spiro atoms. The molecule has 7 nitrogen and oxygen atoms in total. The average molecular weight is 502 g/mol. The summed E-state index contributed by atoms with van der Waals surface area (Å²) >= 11 is 0. The number of rotatable bonds is 5. The molecule has 5 heterocycles. The van der Waals surface area contributed by atoms with E-state index in [1.54, 1.807) is 6.20 Å². The Hall–Kier alpha value is -4.07. The van der Waals surface area contributed by atoms with Gasteiger partial charge in [0.2, 0.25) is 0 Å². The van der Waals surface area contributed by atoms with Crippen LogP contribution in [0.5, 0.6) is 0 Å². The number of anilines is 1. The number of benzene rings is 2. The third-order valence-electron chi connectivity index (χ3n) is 7.93. The summed E-state index contributed by atoms with van der Waals surface area (Å²) in [5.41, 5.74) is 13.5. The molecule has 7 heteroatoms. The normalized spacial score (nSPS) is 17.1. The summed E-state index contributed by atoms with van der Waals surface area (Å²) in [6.07, 6.45) is 4.35. The molecule has 2 aromatic carbocycles. The first kappa shape index (κ1) is 23.1. The third-order valence-corrected chi connectivity index (χ3v) is 7.93. The number of aromatic nitrogens is 4. The van der Waals surface area contributed by atoms with Crippen LogP contribution in [0.25, 0.3) is 39.5 Å². The maximum absolute atomic E-state index is 6.31. The molecule has 0 saturated carbocycles. The number of nitrogen functional groups attached to an aromatic ring is 1. The molecule has 0 amide bonds. The fourth-order valence-corrected chi connectivity index (χ4v) is 6.08. The molecule has 2 aliphatic rings. The van der Waals surface area contributed by atoms with Gasteiger partial charge in [-0.1, -0.05) is 42.5 Å². The lowest BCUT2D eigenvalue weighted by Gasteiger charge is -2.52. The second kappa shape index (κ2) is 9.35. The zero-order valence-corrected chi connectivity index (χ0v) is 21.3. The van der Waals surface area contributed by atoms with Gasteiger partial charge in [-0.15, -0.1) is 0 Å². The summed E-state index contributed by atoms with van der Waals surface area (Å²) in [6, 6.07) is 26.9. The van der Waals surface area contributed by atoms with E-state index in [9.17, 15) is 0 Å². The van der Waals surface area contributed by atoms with E-state index in [4.69, 9.17) is 15.7 Å². The van der Waals surface area contributed by atoms with Crippen LogP contribution in [0.15, 0.2) is 85.1 Å². The third kappa shape index (κ3) is 4.14. The molecule has 0 unspecified atom stereocenters. The molecule has 5 aromatic rings. The predicted molar refractivity (Wildman–Crippen MR) is 152 cm³/mol. The highest BCUT2D eigenvalue weighted by molar-refractivity contribution is 5.84. The molecular weight excluding hydrogens is 470 g/mol. The second-order valence-electron chi connectivity index (χ2n) is 10.7. The van der Waals surface area contributed by atoms with Gasteiger partial charge in [-0.25, -0.2) is 15.0 Å². The Kier molecular flexibility index (Phi) is 5.68. The van der Waals surface area contributed by atoms with Crippen molar-refractivity contribution in [2.24, 2.45) is 5.41 Å². The van der Waals surface area contributed by atoms with Crippen molar-refractivity contribution in [3.05, 3.63) is 90.6 Å². The van der Waals surface area contributed by atoms with E-state index in [1.165, 1.54) is 38.0 Å². The molecule has 190 valence electrons. The summed E-state index contributed by atoms with van der Waals surface area (Å²) in [5, 5.41) is 3.58. The number of pyridine rings is 2. The molecular formula is C31H31N7. The van der Waals surface area contributed by atoms with Gasteiger partial charge in [-0.05, 0) is 61.3 Å². The van der Waals surface area contributed by atoms with E-state index < -0.39 is 0 Å². The van der Waals surface area contributed by atoms with Crippen LogP contribution >= 0.6 is 0 Å². The van der Waals surface area contributed by atoms with Crippen LogP contribution in [0.2, 0.25) is 0 Å². The second-order valence-corrected chi connectivity index (χ2v) is 10.7. The first-order chi connectivity index (χ1) is 18.7. The standard InChI is InChI=1S/C31H31N7/c32-28-25(8-4-17-34-28)29-36-27-14-13-26(23-6-2-1-3-7-23)35-30(27)38(29)24-11-9-22(10-12-24)18-37-20-31(21-37)15-5-16-33-19-31/h1-4,6-14,17,33H,5,15-16,18-21H2,(H2,32,34). The number of imidazole rings is 1. The van der Waals surface area contributed by atoms with Crippen LogP contribution in [0.4, 0.5) is 5.82 Å². The maximum atomic E-state index is 6.31. The smallest absolute Gasteiger partial charge is 0.165 e. The summed E-state index contributed by atoms with van der Waals surface area (Å²) in [4.78, 5) is 16.9. The lowest BCUT2D eigenvalue weighted by atomic mass is 9.74. The highest BCUT2D eigenvalue weighted by Crippen LogP contribution is 2.37. The van der Waals surface area contributed by atoms with Crippen LogP contribution < -0.4 is 11.1 Å². The van der Waals surface area contributed by atoms with Gasteiger partial charge in [-0.3, -0.25) is 9.47 Å². The number of hydrogen-bond donors (Lipinski definition) is 2. The average Bonchev–Trinajstić information content (AvgIpc) is 3.32. The van der Waals surface area contributed by atoms with Crippen molar-refractivity contribution in [2.45, 2.75) is 19.4 Å². The van der Waals surface area contributed by atoms with Crippen LogP contribution in [-0.4, -0.2) is 50.6 Å². The van der Waals surface area contributed by atoms with Crippen LogP contribution in [-0.2, 0) is 6.54 Å². The summed E-state index contributed by atoms with van der Waals surface area (Å²) in [7, 11) is 0. The lowest BCUT2D eigenvalue weighted by molar-refractivity contribution is -0.0229. The molecule has 0 radical (unpaired) electrons. The van der Waals surface area contributed by atoms with Crippen molar-refractivity contribution in [3.63, 3.8) is 0 Å². The van der Waals surface area contributed by atoms with Gasteiger partial charge in [0.15, 0.2) is 11.5 Å². The van der Waals surface area contributed by atoms with Gasteiger partial charge in [0.05, 0.1) is 11.3 Å². The monoisotopic (exact) mass is 501 g/mol. The quantitative estimate of drug-likeness (QED) is 0.356. The minimum Gasteiger partial charge on any atom is -0.383 e. The van der Waals surface area contributed by atoms with E-state index in [0.29, 0.717) is 11.2 Å².